The molecule has 0 radical (unpaired) electrons. The van der Waals surface area contributed by atoms with E-state index in [4.69, 9.17) is 10.5 Å². The third-order valence-corrected chi connectivity index (χ3v) is 4.56. The molecule has 0 fully saturated rings. The van der Waals surface area contributed by atoms with Gasteiger partial charge in [0.2, 0.25) is 0 Å². The standard InChI is InChI=1S/C18H16BrN3O3/c1-9(16-13-7-10(20)3-6-15(13)22-17(16)23)21-11-4-5-14(19)12(8-11)18(24)25-2/h3-8,21H,20H2,1-2H3,(H,22,23)/b16-9-. The van der Waals surface area contributed by atoms with Gasteiger partial charge >= 0.3 is 5.97 Å². The Hall–Kier alpha value is -2.80. The zero-order valence-corrected chi connectivity index (χ0v) is 15.2. The molecular weight excluding hydrogens is 386 g/mol. The van der Waals surface area contributed by atoms with Crippen LogP contribution in [0.2, 0.25) is 0 Å². The van der Waals surface area contributed by atoms with Crippen LogP contribution in [0.5, 0.6) is 0 Å². The van der Waals surface area contributed by atoms with E-state index in [2.05, 4.69) is 26.6 Å². The fraction of sp³-hybridized carbons (Fsp3) is 0.111. The van der Waals surface area contributed by atoms with E-state index in [1.54, 1.807) is 43.3 Å². The number of carbonyl (C=O) groups is 2. The number of nitrogens with two attached hydrogens (primary N) is 1. The van der Waals surface area contributed by atoms with Crippen LogP contribution >= 0.6 is 15.9 Å². The van der Waals surface area contributed by atoms with E-state index in [9.17, 15) is 9.59 Å². The summed E-state index contributed by atoms with van der Waals surface area (Å²) in [6.07, 6.45) is 0. The Morgan fingerprint density at radius 1 is 1.24 bits per heavy atom. The molecule has 6 nitrogen and oxygen atoms in total. The zero-order valence-electron chi connectivity index (χ0n) is 13.6. The molecule has 0 spiro atoms. The van der Waals surface area contributed by atoms with Crippen LogP contribution in [-0.4, -0.2) is 19.0 Å². The largest absolute Gasteiger partial charge is 0.465 e. The number of fused-ring (bicyclic) bond motifs is 1. The first-order valence-electron chi connectivity index (χ1n) is 7.47. The Kier molecular flexibility index (Phi) is 4.50. The highest BCUT2D eigenvalue weighted by atomic mass is 79.9. The summed E-state index contributed by atoms with van der Waals surface area (Å²) < 4.78 is 5.40. The van der Waals surface area contributed by atoms with Crippen LogP contribution in [0.3, 0.4) is 0 Å². The van der Waals surface area contributed by atoms with Crippen LogP contribution in [0.1, 0.15) is 22.8 Å². The number of halogens is 1. The van der Waals surface area contributed by atoms with Crippen LogP contribution in [0.25, 0.3) is 5.57 Å². The van der Waals surface area contributed by atoms with Gasteiger partial charge in [0.1, 0.15) is 0 Å². The van der Waals surface area contributed by atoms with Gasteiger partial charge in [0.05, 0.1) is 18.2 Å². The van der Waals surface area contributed by atoms with Gasteiger partial charge in [-0.15, -0.1) is 0 Å². The van der Waals surface area contributed by atoms with E-state index >= 15 is 0 Å². The summed E-state index contributed by atoms with van der Waals surface area (Å²) >= 11 is 3.32. The van der Waals surface area contributed by atoms with E-state index in [1.807, 2.05) is 0 Å². The second kappa shape index (κ2) is 6.60. The lowest BCUT2D eigenvalue weighted by Crippen LogP contribution is -2.09. The molecule has 1 heterocycles. The highest BCUT2D eigenvalue weighted by Gasteiger charge is 2.26. The molecular formula is C18H16BrN3O3. The molecule has 1 aliphatic heterocycles. The maximum Gasteiger partial charge on any atom is 0.339 e. The highest BCUT2D eigenvalue weighted by molar-refractivity contribution is 9.10. The smallest absolute Gasteiger partial charge is 0.339 e. The first kappa shape index (κ1) is 17.0. The molecule has 1 aliphatic rings. The van der Waals surface area contributed by atoms with Crippen molar-refractivity contribution in [2.45, 2.75) is 6.92 Å². The van der Waals surface area contributed by atoms with Gasteiger partial charge in [0.15, 0.2) is 0 Å². The molecule has 0 atom stereocenters. The number of ether oxygens (including phenoxy) is 1. The quantitative estimate of drug-likeness (QED) is 0.414. The lowest BCUT2D eigenvalue weighted by Gasteiger charge is -2.12. The fourth-order valence-corrected chi connectivity index (χ4v) is 3.11. The minimum absolute atomic E-state index is 0.198. The molecule has 0 bridgehead atoms. The Balaban J connectivity index is 1.99. The summed E-state index contributed by atoms with van der Waals surface area (Å²) in [5.74, 6) is -0.645. The van der Waals surface area contributed by atoms with Crippen LogP contribution in [-0.2, 0) is 9.53 Å². The highest BCUT2D eigenvalue weighted by Crippen LogP contribution is 2.35. The number of nitrogen functional groups attached to an aromatic ring is 1. The molecule has 2 aromatic carbocycles. The van der Waals surface area contributed by atoms with Gasteiger partial charge < -0.3 is 21.1 Å². The fourth-order valence-electron chi connectivity index (χ4n) is 2.71. The summed E-state index contributed by atoms with van der Waals surface area (Å²) in [7, 11) is 1.33. The van der Waals surface area contributed by atoms with E-state index < -0.39 is 5.97 Å². The number of esters is 1. The number of hydrogen-bond donors (Lipinski definition) is 3. The van der Waals surface area contributed by atoms with Crippen LogP contribution < -0.4 is 16.4 Å². The van der Waals surface area contributed by atoms with Crippen molar-refractivity contribution in [2.24, 2.45) is 0 Å². The second-order valence-corrected chi connectivity index (χ2v) is 6.42. The molecule has 4 N–H and O–H groups in total. The first-order valence-corrected chi connectivity index (χ1v) is 8.27. The maximum atomic E-state index is 12.3. The SMILES string of the molecule is COC(=O)c1cc(N/C(C)=C2\C(=O)Nc3ccc(N)cc32)ccc1Br. The molecule has 1 amide bonds. The van der Waals surface area contributed by atoms with Gasteiger partial charge in [-0.3, -0.25) is 4.79 Å². The van der Waals surface area contributed by atoms with Gasteiger partial charge in [-0.2, -0.15) is 0 Å². The van der Waals surface area contributed by atoms with E-state index in [1.165, 1.54) is 7.11 Å². The normalized spacial score (nSPS) is 14.6. The predicted molar refractivity (Wildman–Crippen MR) is 101 cm³/mol. The van der Waals surface area contributed by atoms with Gasteiger partial charge in [-0.1, -0.05) is 0 Å². The van der Waals surface area contributed by atoms with Crippen molar-refractivity contribution < 1.29 is 14.3 Å². The van der Waals surface area contributed by atoms with Gasteiger partial charge in [0.25, 0.3) is 5.91 Å². The topological polar surface area (TPSA) is 93.4 Å². The minimum atomic E-state index is -0.447. The number of nitrogens with one attached hydrogen (secondary N) is 2. The summed E-state index contributed by atoms with van der Waals surface area (Å²) in [6, 6.07) is 10.5. The summed E-state index contributed by atoms with van der Waals surface area (Å²) in [5.41, 5.74) is 10.1. The molecule has 0 saturated heterocycles. The average Bonchev–Trinajstić information content (AvgIpc) is 2.91. The minimum Gasteiger partial charge on any atom is -0.465 e. The van der Waals surface area contributed by atoms with E-state index in [-0.39, 0.29) is 5.91 Å². The molecule has 2 aromatic rings. The maximum absolute atomic E-state index is 12.3. The number of anilines is 3. The molecule has 25 heavy (non-hydrogen) atoms. The number of allylic oxidation sites excluding steroid dienone is 1. The Morgan fingerprint density at radius 3 is 2.72 bits per heavy atom. The van der Waals surface area contributed by atoms with E-state index in [0.29, 0.717) is 32.7 Å². The Morgan fingerprint density at radius 2 is 2.00 bits per heavy atom. The molecule has 0 unspecified atom stereocenters. The molecule has 0 saturated carbocycles. The second-order valence-electron chi connectivity index (χ2n) is 5.57. The van der Waals surface area contributed by atoms with Gasteiger partial charge in [-0.25, -0.2) is 4.79 Å². The van der Waals surface area contributed by atoms with Crippen molar-refractivity contribution in [3.63, 3.8) is 0 Å². The molecule has 0 aliphatic carbocycles. The van der Waals surface area contributed by atoms with Crippen LogP contribution in [0, 0.1) is 0 Å². The third-order valence-electron chi connectivity index (χ3n) is 3.87. The van der Waals surface area contributed by atoms with Crippen molar-refractivity contribution in [3.05, 3.63) is 57.7 Å². The average molecular weight is 402 g/mol. The third kappa shape index (κ3) is 3.23. The van der Waals surface area contributed by atoms with Crippen LogP contribution in [0.15, 0.2) is 46.6 Å². The number of rotatable bonds is 3. The Labute approximate surface area is 153 Å². The number of amides is 1. The predicted octanol–water partition coefficient (Wildman–Crippen LogP) is 3.61. The molecule has 128 valence electrons. The summed E-state index contributed by atoms with van der Waals surface area (Å²) in [6.45, 7) is 1.80. The molecule has 3 rings (SSSR count). The van der Waals surface area contributed by atoms with Crippen molar-refractivity contribution in [1.29, 1.82) is 0 Å². The van der Waals surface area contributed by atoms with E-state index in [0.717, 1.165) is 11.3 Å². The summed E-state index contributed by atoms with van der Waals surface area (Å²) in [4.78, 5) is 24.1. The van der Waals surface area contributed by atoms with Crippen molar-refractivity contribution >= 4 is 50.4 Å². The number of hydrogen-bond acceptors (Lipinski definition) is 5. The lowest BCUT2D eigenvalue weighted by atomic mass is 10.0. The Bertz CT molecular complexity index is 922. The van der Waals surface area contributed by atoms with Gasteiger partial charge in [0, 0.05) is 32.8 Å². The van der Waals surface area contributed by atoms with Crippen molar-refractivity contribution in [1.82, 2.24) is 0 Å². The monoisotopic (exact) mass is 401 g/mol. The molecule has 0 aromatic heterocycles. The summed E-state index contributed by atoms with van der Waals surface area (Å²) in [5, 5.41) is 5.99. The number of carbonyl (C=O) groups excluding carboxylic acids is 2. The lowest BCUT2D eigenvalue weighted by molar-refractivity contribution is -0.110. The van der Waals surface area contributed by atoms with Crippen LogP contribution in [0.4, 0.5) is 17.1 Å². The van der Waals surface area contributed by atoms with Crippen molar-refractivity contribution in [3.8, 4) is 0 Å². The number of methoxy groups -OCH3 is 1. The molecule has 7 heteroatoms. The van der Waals surface area contributed by atoms with Crippen molar-refractivity contribution in [2.75, 3.05) is 23.5 Å². The van der Waals surface area contributed by atoms with Gasteiger partial charge in [-0.05, 0) is 59.3 Å². The zero-order chi connectivity index (χ0) is 18.1. The first-order chi connectivity index (χ1) is 11.9. The number of benzene rings is 2.